The van der Waals surface area contributed by atoms with Crippen molar-refractivity contribution >= 4 is 11.6 Å². The van der Waals surface area contributed by atoms with Crippen LogP contribution in [0, 0.1) is 0 Å². The zero-order chi connectivity index (χ0) is 10.5. The van der Waals surface area contributed by atoms with Gasteiger partial charge in [0.25, 0.3) is 0 Å². The molecule has 1 aromatic carbocycles. The summed E-state index contributed by atoms with van der Waals surface area (Å²) in [5, 5.41) is 4.38. The van der Waals surface area contributed by atoms with E-state index in [0.717, 1.165) is 17.5 Å². The number of hydrogen-bond acceptors (Lipinski definition) is 1. The van der Waals surface area contributed by atoms with Crippen molar-refractivity contribution in [2.24, 2.45) is 0 Å². The molecule has 0 spiro atoms. The second kappa shape index (κ2) is 5.53. The SMILES string of the molecule is Clc1cccc(CCCC2CCCN2)c1. The van der Waals surface area contributed by atoms with Crippen molar-refractivity contribution in [2.45, 2.75) is 38.1 Å². The summed E-state index contributed by atoms with van der Waals surface area (Å²) in [5.74, 6) is 0. The molecule has 1 aliphatic heterocycles. The first kappa shape index (κ1) is 11.0. The molecule has 0 aromatic heterocycles. The number of nitrogens with one attached hydrogen (secondary N) is 1. The minimum atomic E-state index is 0.768. The molecule has 1 atom stereocenters. The van der Waals surface area contributed by atoms with Crippen molar-refractivity contribution in [2.75, 3.05) is 6.54 Å². The third kappa shape index (κ3) is 3.51. The van der Waals surface area contributed by atoms with E-state index in [0.29, 0.717) is 0 Å². The Morgan fingerprint density at radius 1 is 1.40 bits per heavy atom. The monoisotopic (exact) mass is 223 g/mol. The van der Waals surface area contributed by atoms with E-state index in [9.17, 15) is 0 Å². The van der Waals surface area contributed by atoms with E-state index < -0.39 is 0 Å². The van der Waals surface area contributed by atoms with Crippen LogP contribution in [0.4, 0.5) is 0 Å². The lowest BCUT2D eigenvalue weighted by molar-refractivity contribution is 0.536. The highest BCUT2D eigenvalue weighted by Gasteiger charge is 2.12. The van der Waals surface area contributed by atoms with Crippen LogP contribution in [0.2, 0.25) is 5.02 Å². The maximum atomic E-state index is 5.94. The van der Waals surface area contributed by atoms with E-state index in [1.54, 1.807) is 0 Å². The molecule has 1 aliphatic rings. The van der Waals surface area contributed by atoms with Crippen LogP contribution < -0.4 is 5.32 Å². The van der Waals surface area contributed by atoms with Crippen LogP contribution in [-0.4, -0.2) is 12.6 Å². The molecule has 1 fully saturated rings. The summed E-state index contributed by atoms with van der Waals surface area (Å²) in [6.45, 7) is 1.21. The first-order chi connectivity index (χ1) is 7.34. The van der Waals surface area contributed by atoms with Gasteiger partial charge in [0.15, 0.2) is 0 Å². The lowest BCUT2D eigenvalue weighted by Crippen LogP contribution is -2.20. The number of halogens is 1. The van der Waals surface area contributed by atoms with Gasteiger partial charge in [0.1, 0.15) is 0 Å². The Balaban J connectivity index is 1.73. The van der Waals surface area contributed by atoms with Gasteiger partial charge in [-0.1, -0.05) is 23.7 Å². The molecule has 1 heterocycles. The standard InChI is InChI=1S/C13H18ClN/c14-12-6-1-4-11(10-12)5-2-7-13-8-3-9-15-13/h1,4,6,10,13,15H,2-3,5,7-9H2. The summed E-state index contributed by atoms with van der Waals surface area (Å²) in [6, 6.07) is 8.97. The molecule has 1 saturated heterocycles. The van der Waals surface area contributed by atoms with Gasteiger partial charge in [0.05, 0.1) is 0 Å². The smallest absolute Gasteiger partial charge is 0.0408 e. The Labute approximate surface area is 96.8 Å². The molecule has 2 rings (SSSR count). The molecule has 15 heavy (non-hydrogen) atoms. The van der Waals surface area contributed by atoms with Crippen molar-refractivity contribution in [1.29, 1.82) is 0 Å². The Morgan fingerprint density at radius 3 is 3.07 bits per heavy atom. The first-order valence-corrected chi connectivity index (χ1v) is 6.20. The average molecular weight is 224 g/mol. The molecule has 0 aliphatic carbocycles. The lowest BCUT2D eigenvalue weighted by Gasteiger charge is -2.09. The van der Waals surface area contributed by atoms with Gasteiger partial charge in [0, 0.05) is 11.1 Å². The zero-order valence-electron chi connectivity index (χ0n) is 9.01. The van der Waals surface area contributed by atoms with Gasteiger partial charge in [-0.15, -0.1) is 0 Å². The van der Waals surface area contributed by atoms with Crippen molar-refractivity contribution in [1.82, 2.24) is 5.32 Å². The van der Waals surface area contributed by atoms with Crippen LogP contribution >= 0.6 is 11.6 Å². The molecule has 1 nitrogen and oxygen atoms in total. The molecule has 82 valence electrons. The normalized spacial score (nSPS) is 20.7. The highest BCUT2D eigenvalue weighted by atomic mass is 35.5. The summed E-state index contributed by atoms with van der Waals surface area (Å²) >= 11 is 5.94. The van der Waals surface area contributed by atoms with Gasteiger partial charge in [-0.2, -0.15) is 0 Å². The second-order valence-electron chi connectivity index (χ2n) is 4.32. The van der Waals surface area contributed by atoms with E-state index in [2.05, 4.69) is 17.4 Å². The minimum Gasteiger partial charge on any atom is -0.314 e. The van der Waals surface area contributed by atoms with Crippen LogP contribution in [0.3, 0.4) is 0 Å². The Kier molecular flexibility index (Phi) is 4.04. The van der Waals surface area contributed by atoms with Crippen LogP contribution in [0.1, 0.15) is 31.2 Å². The summed E-state index contributed by atoms with van der Waals surface area (Å²) in [6.07, 6.45) is 6.42. The van der Waals surface area contributed by atoms with E-state index in [-0.39, 0.29) is 0 Å². The second-order valence-corrected chi connectivity index (χ2v) is 4.75. The molecule has 0 radical (unpaired) electrons. The number of aryl methyl sites for hydroxylation is 1. The predicted molar refractivity (Wildman–Crippen MR) is 65.4 cm³/mol. The fraction of sp³-hybridized carbons (Fsp3) is 0.538. The quantitative estimate of drug-likeness (QED) is 0.825. The van der Waals surface area contributed by atoms with Crippen LogP contribution in [-0.2, 0) is 6.42 Å². The number of rotatable bonds is 4. The van der Waals surface area contributed by atoms with E-state index in [1.165, 1.54) is 37.8 Å². The third-order valence-electron chi connectivity index (χ3n) is 3.07. The maximum Gasteiger partial charge on any atom is 0.0408 e. The van der Waals surface area contributed by atoms with E-state index in [4.69, 9.17) is 11.6 Å². The average Bonchev–Trinajstić information content (AvgIpc) is 2.71. The van der Waals surface area contributed by atoms with Gasteiger partial charge >= 0.3 is 0 Å². The van der Waals surface area contributed by atoms with Gasteiger partial charge in [-0.25, -0.2) is 0 Å². The maximum absolute atomic E-state index is 5.94. The number of hydrogen-bond donors (Lipinski definition) is 1. The van der Waals surface area contributed by atoms with Gasteiger partial charge in [-0.05, 0) is 56.3 Å². The van der Waals surface area contributed by atoms with Crippen molar-refractivity contribution < 1.29 is 0 Å². The molecular formula is C13H18ClN. The van der Waals surface area contributed by atoms with Crippen LogP contribution in [0.15, 0.2) is 24.3 Å². The molecule has 1 N–H and O–H groups in total. The summed E-state index contributed by atoms with van der Waals surface area (Å²) in [4.78, 5) is 0. The first-order valence-electron chi connectivity index (χ1n) is 5.82. The van der Waals surface area contributed by atoms with Gasteiger partial charge in [-0.3, -0.25) is 0 Å². The highest BCUT2D eigenvalue weighted by molar-refractivity contribution is 6.30. The molecule has 0 saturated carbocycles. The summed E-state index contributed by atoms with van der Waals surface area (Å²) < 4.78 is 0. The Hall–Kier alpha value is -0.530. The van der Waals surface area contributed by atoms with Gasteiger partial charge < -0.3 is 5.32 Å². The van der Waals surface area contributed by atoms with Crippen molar-refractivity contribution in [3.8, 4) is 0 Å². The molecule has 2 heteroatoms. The molecule has 0 bridgehead atoms. The third-order valence-corrected chi connectivity index (χ3v) is 3.30. The highest BCUT2D eigenvalue weighted by Crippen LogP contribution is 2.15. The fourth-order valence-corrected chi connectivity index (χ4v) is 2.46. The van der Waals surface area contributed by atoms with Crippen molar-refractivity contribution in [3.63, 3.8) is 0 Å². The Bertz CT molecular complexity index is 305. The molecule has 0 amide bonds. The number of benzene rings is 1. The lowest BCUT2D eigenvalue weighted by atomic mass is 10.0. The predicted octanol–water partition coefficient (Wildman–Crippen LogP) is 3.41. The summed E-state index contributed by atoms with van der Waals surface area (Å²) in [5.41, 5.74) is 1.36. The zero-order valence-corrected chi connectivity index (χ0v) is 9.76. The Morgan fingerprint density at radius 2 is 2.33 bits per heavy atom. The van der Waals surface area contributed by atoms with E-state index in [1.807, 2.05) is 12.1 Å². The molecular weight excluding hydrogens is 206 g/mol. The summed E-state index contributed by atoms with van der Waals surface area (Å²) in [7, 11) is 0. The van der Waals surface area contributed by atoms with E-state index >= 15 is 0 Å². The fourth-order valence-electron chi connectivity index (χ4n) is 2.25. The molecule has 1 aromatic rings. The topological polar surface area (TPSA) is 12.0 Å². The minimum absolute atomic E-state index is 0.768. The van der Waals surface area contributed by atoms with Crippen LogP contribution in [0.25, 0.3) is 0 Å². The van der Waals surface area contributed by atoms with Gasteiger partial charge in [0.2, 0.25) is 0 Å². The van der Waals surface area contributed by atoms with Crippen molar-refractivity contribution in [3.05, 3.63) is 34.9 Å². The largest absolute Gasteiger partial charge is 0.314 e. The van der Waals surface area contributed by atoms with Crippen LogP contribution in [0.5, 0.6) is 0 Å². The molecule has 1 unspecified atom stereocenters.